The lowest BCUT2D eigenvalue weighted by Gasteiger charge is -2.47. The Morgan fingerprint density at radius 1 is 1.29 bits per heavy atom. The van der Waals surface area contributed by atoms with E-state index in [0.717, 1.165) is 45.9 Å². The Kier molecular flexibility index (Phi) is 4.28. The summed E-state index contributed by atoms with van der Waals surface area (Å²) in [6.07, 6.45) is 7.97. The summed E-state index contributed by atoms with van der Waals surface area (Å²) in [6, 6.07) is 0. The predicted molar refractivity (Wildman–Crippen MR) is 80.4 cm³/mol. The van der Waals surface area contributed by atoms with E-state index in [1.54, 1.807) is 0 Å². The number of amides is 1. The molecule has 0 aromatic heterocycles. The quantitative estimate of drug-likeness (QED) is 0.740. The molecular formula is C15H24N4O2. The van der Waals surface area contributed by atoms with E-state index in [2.05, 4.69) is 15.1 Å². The van der Waals surface area contributed by atoms with Gasteiger partial charge in [-0.3, -0.25) is 14.6 Å². The van der Waals surface area contributed by atoms with Gasteiger partial charge in [0, 0.05) is 32.7 Å². The van der Waals surface area contributed by atoms with E-state index in [1.165, 1.54) is 12.8 Å². The van der Waals surface area contributed by atoms with E-state index < -0.39 is 5.66 Å². The lowest BCUT2D eigenvalue weighted by atomic mass is 9.93. The highest BCUT2D eigenvalue weighted by atomic mass is 16.5. The third-order valence-electron chi connectivity index (χ3n) is 4.59. The van der Waals surface area contributed by atoms with Crippen LogP contribution >= 0.6 is 0 Å². The third kappa shape index (κ3) is 2.84. The van der Waals surface area contributed by atoms with Crippen LogP contribution < -0.4 is 11.1 Å². The second-order valence-electron chi connectivity index (χ2n) is 5.89. The molecule has 0 bridgehead atoms. The van der Waals surface area contributed by atoms with Gasteiger partial charge in [0.25, 0.3) is 0 Å². The monoisotopic (exact) mass is 292 g/mol. The number of morpholine rings is 1. The van der Waals surface area contributed by atoms with Crippen molar-refractivity contribution in [1.82, 2.24) is 15.1 Å². The molecule has 3 N–H and O–H groups in total. The second kappa shape index (κ2) is 6.17. The number of carbonyl (C=O) groups excluding carboxylic acids is 1. The van der Waals surface area contributed by atoms with Crippen LogP contribution in [0, 0.1) is 0 Å². The zero-order valence-corrected chi connectivity index (χ0v) is 12.4. The Hall–Kier alpha value is -1.37. The molecule has 3 aliphatic heterocycles. The maximum absolute atomic E-state index is 12.0. The minimum absolute atomic E-state index is 0.341. The topological polar surface area (TPSA) is 70.8 Å². The number of primary amides is 1. The largest absolute Gasteiger partial charge is 0.379 e. The number of nitrogens with zero attached hydrogens (tertiary/aromatic N) is 2. The highest BCUT2D eigenvalue weighted by molar-refractivity contribution is 5.95. The molecule has 1 unspecified atom stereocenters. The minimum Gasteiger partial charge on any atom is -0.379 e. The summed E-state index contributed by atoms with van der Waals surface area (Å²) in [5.41, 5.74) is 5.84. The first-order chi connectivity index (χ1) is 10.2. The molecule has 21 heavy (non-hydrogen) atoms. The van der Waals surface area contributed by atoms with Gasteiger partial charge in [0.15, 0.2) is 0 Å². The van der Waals surface area contributed by atoms with Crippen LogP contribution in [0.25, 0.3) is 0 Å². The Balaban J connectivity index is 1.88. The van der Waals surface area contributed by atoms with Crippen LogP contribution in [0.4, 0.5) is 0 Å². The highest BCUT2D eigenvalue weighted by Crippen LogP contribution is 2.30. The Labute approximate surface area is 125 Å². The molecular weight excluding hydrogens is 268 g/mol. The molecule has 6 nitrogen and oxygen atoms in total. The maximum atomic E-state index is 12.0. The van der Waals surface area contributed by atoms with Crippen LogP contribution in [0.3, 0.4) is 0 Å². The summed E-state index contributed by atoms with van der Waals surface area (Å²) in [4.78, 5) is 16.7. The fourth-order valence-corrected chi connectivity index (χ4v) is 3.51. The lowest BCUT2D eigenvalue weighted by Crippen LogP contribution is -2.66. The van der Waals surface area contributed by atoms with E-state index in [-0.39, 0.29) is 5.91 Å². The molecule has 1 amide bonds. The zero-order chi connectivity index (χ0) is 14.7. The molecule has 3 heterocycles. The molecule has 3 rings (SSSR count). The highest BCUT2D eigenvalue weighted by Gasteiger charge is 2.45. The standard InChI is InChI=1S/C15H24N4O2/c16-14(20)13-4-3-5-17-15(13,19-6-1-2-7-19)12-18-8-10-21-11-9-18/h3-5,17H,1-2,6-12H2,(H2,16,20). The number of dihydropyridines is 1. The molecule has 3 aliphatic rings. The fourth-order valence-electron chi connectivity index (χ4n) is 3.51. The van der Waals surface area contributed by atoms with Crippen molar-refractivity contribution >= 4 is 5.91 Å². The van der Waals surface area contributed by atoms with Crippen molar-refractivity contribution in [2.75, 3.05) is 45.9 Å². The minimum atomic E-state index is -0.492. The van der Waals surface area contributed by atoms with Crippen LogP contribution in [0.15, 0.2) is 23.9 Å². The van der Waals surface area contributed by atoms with Crippen molar-refractivity contribution in [3.05, 3.63) is 23.9 Å². The first-order valence-corrected chi connectivity index (χ1v) is 7.72. The van der Waals surface area contributed by atoms with Crippen molar-refractivity contribution in [2.24, 2.45) is 5.73 Å². The molecule has 0 saturated carbocycles. The molecule has 0 radical (unpaired) electrons. The first kappa shape index (κ1) is 14.6. The van der Waals surface area contributed by atoms with Gasteiger partial charge < -0.3 is 15.8 Å². The van der Waals surface area contributed by atoms with Crippen LogP contribution in [0.5, 0.6) is 0 Å². The van der Waals surface area contributed by atoms with Crippen molar-refractivity contribution in [1.29, 1.82) is 0 Å². The predicted octanol–water partition coefficient (Wildman–Crippen LogP) is -0.361. The van der Waals surface area contributed by atoms with E-state index in [4.69, 9.17) is 10.5 Å². The normalized spacial score (nSPS) is 31.0. The second-order valence-corrected chi connectivity index (χ2v) is 5.89. The number of hydrogen-bond donors (Lipinski definition) is 2. The molecule has 2 saturated heterocycles. The van der Waals surface area contributed by atoms with Crippen LogP contribution in [0.1, 0.15) is 12.8 Å². The van der Waals surface area contributed by atoms with Gasteiger partial charge in [0.1, 0.15) is 5.66 Å². The van der Waals surface area contributed by atoms with Gasteiger partial charge in [-0.2, -0.15) is 0 Å². The van der Waals surface area contributed by atoms with Gasteiger partial charge in [-0.25, -0.2) is 0 Å². The smallest absolute Gasteiger partial charge is 0.248 e. The summed E-state index contributed by atoms with van der Waals surface area (Å²) >= 11 is 0. The summed E-state index contributed by atoms with van der Waals surface area (Å²) in [6.45, 7) is 6.05. The van der Waals surface area contributed by atoms with E-state index >= 15 is 0 Å². The number of ether oxygens (including phenoxy) is 1. The molecule has 6 heteroatoms. The average molecular weight is 292 g/mol. The zero-order valence-electron chi connectivity index (χ0n) is 12.4. The van der Waals surface area contributed by atoms with Gasteiger partial charge >= 0.3 is 0 Å². The Bertz CT molecular complexity index is 451. The summed E-state index contributed by atoms with van der Waals surface area (Å²) in [5, 5.41) is 3.45. The number of rotatable bonds is 4. The number of carbonyl (C=O) groups is 1. The number of allylic oxidation sites excluding steroid dienone is 2. The molecule has 116 valence electrons. The summed E-state index contributed by atoms with van der Waals surface area (Å²) in [5.74, 6) is -0.341. The van der Waals surface area contributed by atoms with Crippen LogP contribution in [0.2, 0.25) is 0 Å². The molecule has 0 aromatic carbocycles. The number of nitrogens with two attached hydrogens (primary N) is 1. The van der Waals surface area contributed by atoms with Gasteiger partial charge in [0.2, 0.25) is 5.91 Å². The van der Waals surface area contributed by atoms with Crippen molar-refractivity contribution in [2.45, 2.75) is 18.5 Å². The van der Waals surface area contributed by atoms with Gasteiger partial charge in [0.05, 0.1) is 18.8 Å². The Morgan fingerprint density at radius 3 is 2.67 bits per heavy atom. The number of nitrogens with one attached hydrogen (secondary N) is 1. The fraction of sp³-hybridized carbons (Fsp3) is 0.667. The molecule has 0 aromatic rings. The van der Waals surface area contributed by atoms with Gasteiger partial charge in [-0.1, -0.05) is 0 Å². The number of likely N-dealkylation sites (tertiary alicyclic amines) is 1. The van der Waals surface area contributed by atoms with Gasteiger partial charge in [-0.05, 0) is 31.2 Å². The van der Waals surface area contributed by atoms with Crippen LogP contribution in [-0.2, 0) is 9.53 Å². The first-order valence-electron chi connectivity index (χ1n) is 7.72. The van der Waals surface area contributed by atoms with Crippen molar-refractivity contribution in [3.8, 4) is 0 Å². The van der Waals surface area contributed by atoms with Crippen LogP contribution in [-0.4, -0.2) is 67.3 Å². The van der Waals surface area contributed by atoms with Crippen molar-refractivity contribution in [3.63, 3.8) is 0 Å². The molecule has 1 atom stereocenters. The van der Waals surface area contributed by atoms with Crippen molar-refractivity contribution < 1.29 is 9.53 Å². The average Bonchev–Trinajstić information content (AvgIpc) is 3.03. The van der Waals surface area contributed by atoms with Gasteiger partial charge in [-0.15, -0.1) is 0 Å². The molecule has 0 aliphatic carbocycles. The SMILES string of the molecule is NC(=O)C1=CC=CNC1(CN1CCOCC1)N1CCCC1. The Morgan fingerprint density at radius 2 is 2.00 bits per heavy atom. The third-order valence-corrected chi connectivity index (χ3v) is 4.59. The van der Waals surface area contributed by atoms with E-state index in [9.17, 15) is 4.79 Å². The molecule has 0 spiro atoms. The van der Waals surface area contributed by atoms with E-state index in [1.807, 2.05) is 18.4 Å². The lowest BCUT2D eigenvalue weighted by molar-refractivity contribution is -0.116. The number of hydrogen-bond acceptors (Lipinski definition) is 5. The maximum Gasteiger partial charge on any atom is 0.248 e. The van der Waals surface area contributed by atoms with E-state index in [0.29, 0.717) is 5.57 Å². The summed E-state index contributed by atoms with van der Waals surface area (Å²) in [7, 11) is 0. The summed E-state index contributed by atoms with van der Waals surface area (Å²) < 4.78 is 5.43. The molecule has 2 fully saturated rings.